The molecule has 8 heteroatoms. The molecule has 152 valence electrons. The molecule has 3 heterocycles. The number of hydrogen-bond acceptors (Lipinski definition) is 8. The van der Waals surface area contributed by atoms with Crippen molar-refractivity contribution in [2.45, 2.75) is 6.92 Å². The van der Waals surface area contributed by atoms with Crippen LogP contribution < -0.4 is 15.4 Å². The van der Waals surface area contributed by atoms with Gasteiger partial charge in [-0.25, -0.2) is 4.98 Å². The minimum absolute atomic E-state index is 0.502. The molecule has 8 nitrogen and oxygen atoms in total. The van der Waals surface area contributed by atoms with Gasteiger partial charge in [0.25, 0.3) is 0 Å². The summed E-state index contributed by atoms with van der Waals surface area (Å²) in [6, 6.07) is 8.23. The van der Waals surface area contributed by atoms with Crippen molar-refractivity contribution in [3.05, 3.63) is 42.4 Å². The predicted molar refractivity (Wildman–Crippen MR) is 114 cm³/mol. The van der Waals surface area contributed by atoms with Gasteiger partial charge in [-0.05, 0) is 24.4 Å². The van der Waals surface area contributed by atoms with E-state index in [1.807, 2.05) is 19.2 Å². The highest BCUT2D eigenvalue weighted by molar-refractivity contribution is 5.94. The van der Waals surface area contributed by atoms with Crippen LogP contribution in [0.25, 0.3) is 10.8 Å². The van der Waals surface area contributed by atoms with E-state index in [9.17, 15) is 0 Å². The second-order valence-electron chi connectivity index (χ2n) is 6.95. The third-order valence-electron chi connectivity index (χ3n) is 4.97. The van der Waals surface area contributed by atoms with Gasteiger partial charge in [0.1, 0.15) is 5.82 Å². The summed E-state index contributed by atoms with van der Waals surface area (Å²) >= 11 is 0. The van der Waals surface area contributed by atoms with Gasteiger partial charge in [-0.15, -0.1) is 0 Å². The molecule has 4 rings (SSSR count). The second-order valence-corrected chi connectivity index (χ2v) is 6.95. The van der Waals surface area contributed by atoms with Crippen molar-refractivity contribution in [2.75, 3.05) is 57.1 Å². The first-order valence-electron chi connectivity index (χ1n) is 9.80. The van der Waals surface area contributed by atoms with E-state index in [1.54, 1.807) is 13.3 Å². The van der Waals surface area contributed by atoms with Crippen molar-refractivity contribution in [3.8, 4) is 5.88 Å². The van der Waals surface area contributed by atoms with Crippen LogP contribution in [0.15, 0.2) is 36.7 Å². The Morgan fingerprint density at radius 1 is 1.14 bits per heavy atom. The molecular weight excluding hydrogens is 368 g/mol. The SMILES string of the molecule is COc1nc(Nc2cc3cccc(NCCN4CCOCC4)c3cn2)cnc1C. The molecule has 0 amide bonds. The number of ether oxygens (including phenoxy) is 2. The minimum atomic E-state index is 0.502. The number of fused-ring (bicyclic) bond motifs is 1. The highest BCUT2D eigenvalue weighted by Gasteiger charge is 2.10. The van der Waals surface area contributed by atoms with Gasteiger partial charge in [0.15, 0.2) is 5.82 Å². The monoisotopic (exact) mass is 394 g/mol. The topological polar surface area (TPSA) is 84.4 Å². The number of aryl methyl sites for hydroxylation is 1. The Morgan fingerprint density at radius 2 is 2.00 bits per heavy atom. The molecule has 0 unspecified atom stereocenters. The van der Waals surface area contributed by atoms with Crippen molar-refractivity contribution in [1.82, 2.24) is 19.9 Å². The first kappa shape index (κ1) is 19.4. The minimum Gasteiger partial charge on any atom is -0.480 e. The molecule has 0 atom stereocenters. The molecular formula is C21H26N6O2. The van der Waals surface area contributed by atoms with Gasteiger partial charge >= 0.3 is 0 Å². The summed E-state index contributed by atoms with van der Waals surface area (Å²) in [4.78, 5) is 15.7. The van der Waals surface area contributed by atoms with E-state index in [0.29, 0.717) is 17.5 Å². The van der Waals surface area contributed by atoms with Gasteiger partial charge in [-0.2, -0.15) is 4.98 Å². The van der Waals surface area contributed by atoms with Crippen LogP contribution >= 0.6 is 0 Å². The lowest BCUT2D eigenvalue weighted by Gasteiger charge is -2.26. The summed E-state index contributed by atoms with van der Waals surface area (Å²) in [5.41, 5.74) is 1.84. The van der Waals surface area contributed by atoms with Crippen LogP contribution in [0.4, 0.5) is 17.3 Å². The molecule has 0 radical (unpaired) electrons. The number of pyridine rings is 1. The van der Waals surface area contributed by atoms with Crippen LogP contribution in [-0.2, 0) is 4.74 Å². The van der Waals surface area contributed by atoms with Crippen LogP contribution in [0.5, 0.6) is 5.88 Å². The molecule has 1 aromatic carbocycles. The lowest BCUT2D eigenvalue weighted by Crippen LogP contribution is -2.39. The highest BCUT2D eigenvalue weighted by atomic mass is 16.5. The van der Waals surface area contributed by atoms with E-state index in [1.165, 1.54) is 0 Å². The Kier molecular flexibility index (Phi) is 6.02. The van der Waals surface area contributed by atoms with E-state index in [-0.39, 0.29) is 0 Å². The zero-order valence-electron chi connectivity index (χ0n) is 16.8. The third-order valence-corrected chi connectivity index (χ3v) is 4.97. The molecule has 2 aromatic heterocycles. The molecule has 2 N–H and O–H groups in total. The smallest absolute Gasteiger partial charge is 0.237 e. The summed E-state index contributed by atoms with van der Waals surface area (Å²) < 4.78 is 10.6. The van der Waals surface area contributed by atoms with Gasteiger partial charge in [0.2, 0.25) is 5.88 Å². The first-order valence-corrected chi connectivity index (χ1v) is 9.80. The van der Waals surface area contributed by atoms with E-state index in [0.717, 1.165) is 61.5 Å². The fourth-order valence-corrected chi connectivity index (χ4v) is 3.38. The molecule has 1 fully saturated rings. The Labute approximate surface area is 170 Å². The number of morpholine rings is 1. The van der Waals surface area contributed by atoms with Gasteiger partial charge < -0.3 is 20.1 Å². The maximum absolute atomic E-state index is 5.40. The molecule has 0 bridgehead atoms. The number of anilines is 3. The maximum Gasteiger partial charge on any atom is 0.237 e. The summed E-state index contributed by atoms with van der Waals surface area (Å²) in [7, 11) is 1.59. The number of rotatable bonds is 7. The lowest BCUT2D eigenvalue weighted by molar-refractivity contribution is 0.0398. The van der Waals surface area contributed by atoms with Gasteiger partial charge in [-0.3, -0.25) is 9.88 Å². The van der Waals surface area contributed by atoms with Crippen LogP contribution in [0.2, 0.25) is 0 Å². The molecule has 0 aliphatic carbocycles. The summed E-state index contributed by atoms with van der Waals surface area (Å²) in [6.07, 6.45) is 3.56. The average molecular weight is 394 g/mol. The number of methoxy groups -OCH3 is 1. The van der Waals surface area contributed by atoms with Crippen LogP contribution in [0.1, 0.15) is 5.69 Å². The largest absolute Gasteiger partial charge is 0.480 e. The Balaban J connectivity index is 1.45. The van der Waals surface area contributed by atoms with E-state index in [4.69, 9.17) is 9.47 Å². The molecule has 1 aliphatic rings. The average Bonchev–Trinajstić information content (AvgIpc) is 2.76. The van der Waals surface area contributed by atoms with E-state index < -0.39 is 0 Å². The summed E-state index contributed by atoms with van der Waals surface area (Å²) in [6.45, 7) is 7.40. The van der Waals surface area contributed by atoms with Crippen LogP contribution in [0.3, 0.4) is 0 Å². The number of aromatic nitrogens is 3. The number of nitrogens with one attached hydrogen (secondary N) is 2. The standard InChI is InChI=1S/C21H26N6O2/c1-15-21(28-2)26-20(14-23-15)25-19-12-16-4-3-5-18(17(16)13-24-19)22-6-7-27-8-10-29-11-9-27/h3-5,12-14,22H,6-11H2,1-2H3,(H,24,25,26). The Hall–Kier alpha value is -2.97. The summed E-state index contributed by atoms with van der Waals surface area (Å²) in [5, 5.41) is 8.94. The van der Waals surface area contributed by atoms with Crippen molar-refractivity contribution in [3.63, 3.8) is 0 Å². The quantitative estimate of drug-likeness (QED) is 0.633. The zero-order valence-corrected chi connectivity index (χ0v) is 16.8. The lowest BCUT2D eigenvalue weighted by atomic mass is 10.1. The fraction of sp³-hybridized carbons (Fsp3) is 0.381. The first-order chi connectivity index (χ1) is 14.2. The number of benzene rings is 1. The van der Waals surface area contributed by atoms with Crippen molar-refractivity contribution < 1.29 is 9.47 Å². The second kappa shape index (κ2) is 9.02. The third kappa shape index (κ3) is 4.72. The molecule has 3 aromatic rings. The predicted octanol–water partition coefficient (Wildman–Crippen LogP) is 2.83. The van der Waals surface area contributed by atoms with Gasteiger partial charge in [-0.1, -0.05) is 12.1 Å². The zero-order chi connectivity index (χ0) is 20.1. The van der Waals surface area contributed by atoms with Crippen LogP contribution in [0, 0.1) is 6.92 Å². The number of nitrogens with zero attached hydrogens (tertiary/aromatic N) is 4. The van der Waals surface area contributed by atoms with E-state index >= 15 is 0 Å². The molecule has 29 heavy (non-hydrogen) atoms. The number of hydrogen-bond donors (Lipinski definition) is 2. The molecule has 0 saturated carbocycles. The van der Waals surface area contributed by atoms with Crippen molar-refractivity contribution in [2.24, 2.45) is 0 Å². The molecule has 1 aliphatic heterocycles. The van der Waals surface area contributed by atoms with Crippen LogP contribution in [-0.4, -0.2) is 66.4 Å². The van der Waals surface area contributed by atoms with Crippen molar-refractivity contribution >= 4 is 28.1 Å². The fourth-order valence-electron chi connectivity index (χ4n) is 3.38. The molecule has 0 spiro atoms. The Bertz CT molecular complexity index is 975. The van der Waals surface area contributed by atoms with E-state index in [2.05, 4.69) is 48.7 Å². The summed E-state index contributed by atoms with van der Waals surface area (Å²) in [5.74, 6) is 1.81. The maximum atomic E-state index is 5.40. The van der Waals surface area contributed by atoms with Gasteiger partial charge in [0.05, 0.1) is 32.2 Å². The molecule has 1 saturated heterocycles. The Morgan fingerprint density at radius 3 is 2.83 bits per heavy atom. The normalized spacial score (nSPS) is 14.7. The highest BCUT2D eigenvalue weighted by Crippen LogP contribution is 2.26. The van der Waals surface area contributed by atoms with Gasteiger partial charge in [0, 0.05) is 43.4 Å². The van der Waals surface area contributed by atoms with Crippen molar-refractivity contribution in [1.29, 1.82) is 0 Å².